The highest BCUT2D eigenvalue weighted by Crippen LogP contribution is 2.12. The Balaban J connectivity index is 2.31. The van der Waals surface area contributed by atoms with Gasteiger partial charge in [-0.15, -0.1) is 0 Å². The first-order valence-electron chi connectivity index (χ1n) is 3.15. The molecule has 1 unspecified atom stereocenters. The lowest BCUT2D eigenvalue weighted by molar-refractivity contribution is -0.126. The van der Waals surface area contributed by atoms with Gasteiger partial charge in [-0.25, -0.2) is 0 Å². The van der Waals surface area contributed by atoms with Crippen molar-refractivity contribution in [2.24, 2.45) is 0 Å². The van der Waals surface area contributed by atoms with Gasteiger partial charge >= 0.3 is 0 Å². The van der Waals surface area contributed by atoms with Crippen molar-refractivity contribution in [1.29, 1.82) is 0 Å². The van der Waals surface area contributed by atoms with Crippen LogP contribution >= 0.6 is 0 Å². The fourth-order valence-corrected chi connectivity index (χ4v) is 0.852. The van der Waals surface area contributed by atoms with E-state index < -0.39 is 0 Å². The van der Waals surface area contributed by atoms with E-state index in [9.17, 15) is 0 Å². The molecule has 52 valence electrons. The second kappa shape index (κ2) is 2.99. The van der Waals surface area contributed by atoms with Gasteiger partial charge in [0, 0.05) is 6.42 Å². The average Bonchev–Trinajstić information content (AvgIpc) is 1.90. The third-order valence-electron chi connectivity index (χ3n) is 1.43. The van der Waals surface area contributed by atoms with Crippen LogP contribution < -0.4 is 0 Å². The van der Waals surface area contributed by atoms with Crippen LogP contribution in [0.25, 0.3) is 0 Å². The van der Waals surface area contributed by atoms with Crippen LogP contribution in [0.4, 0.5) is 0 Å². The summed E-state index contributed by atoms with van der Waals surface area (Å²) in [6.45, 7) is 7.01. The molecule has 0 aromatic carbocycles. The lowest BCUT2D eigenvalue weighted by Crippen LogP contribution is -2.23. The predicted octanol–water partition coefficient (Wildman–Crippen LogP) is 1.33. The van der Waals surface area contributed by atoms with E-state index in [0.29, 0.717) is 6.79 Å². The minimum absolute atomic E-state index is 0.235. The molecule has 1 fully saturated rings. The quantitative estimate of drug-likeness (QED) is 0.496. The summed E-state index contributed by atoms with van der Waals surface area (Å²) in [5.74, 6) is 0. The Morgan fingerprint density at radius 1 is 1.67 bits per heavy atom. The zero-order chi connectivity index (χ0) is 6.69. The third kappa shape index (κ3) is 1.80. The van der Waals surface area contributed by atoms with Crippen molar-refractivity contribution >= 4 is 0 Å². The SMILES string of the molecule is C=C(C)C1CCOCO1. The Bertz CT molecular complexity index is 103. The van der Waals surface area contributed by atoms with Crippen LogP contribution in [0.5, 0.6) is 0 Å². The maximum absolute atomic E-state index is 5.22. The summed E-state index contributed by atoms with van der Waals surface area (Å²) < 4.78 is 10.2. The highest BCUT2D eigenvalue weighted by molar-refractivity contribution is 4.97. The van der Waals surface area contributed by atoms with Gasteiger partial charge in [0.2, 0.25) is 0 Å². The third-order valence-corrected chi connectivity index (χ3v) is 1.43. The first-order chi connectivity index (χ1) is 4.30. The normalized spacial score (nSPS) is 27.9. The molecule has 0 radical (unpaired) electrons. The Morgan fingerprint density at radius 3 is 2.78 bits per heavy atom. The number of rotatable bonds is 1. The van der Waals surface area contributed by atoms with Crippen LogP contribution in [0.2, 0.25) is 0 Å². The second-order valence-electron chi connectivity index (χ2n) is 2.32. The van der Waals surface area contributed by atoms with Crippen molar-refractivity contribution in [3.63, 3.8) is 0 Å². The van der Waals surface area contributed by atoms with Crippen LogP contribution in [0.15, 0.2) is 12.2 Å². The summed E-state index contributed by atoms with van der Waals surface area (Å²) in [4.78, 5) is 0. The van der Waals surface area contributed by atoms with Crippen molar-refractivity contribution in [2.45, 2.75) is 19.4 Å². The minimum Gasteiger partial charge on any atom is -0.355 e. The summed E-state index contributed by atoms with van der Waals surface area (Å²) in [6, 6.07) is 0. The molecular weight excluding hydrogens is 116 g/mol. The van der Waals surface area contributed by atoms with E-state index in [0.717, 1.165) is 18.6 Å². The number of ether oxygens (including phenoxy) is 2. The maximum atomic E-state index is 5.22. The van der Waals surface area contributed by atoms with Gasteiger partial charge in [0.1, 0.15) is 6.79 Å². The molecule has 2 nitrogen and oxygen atoms in total. The van der Waals surface area contributed by atoms with Gasteiger partial charge in [-0.1, -0.05) is 12.2 Å². The fourth-order valence-electron chi connectivity index (χ4n) is 0.852. The molecule has 1 aliphatic heterocycles. The summed E-state index contributed by atoms with van der Waals surface area (Å²) in [6.07, 6.45) is 1.19. The van der Waals surface area contributed by atoms with Crippen molar-refractivity contribution in [1.82, 2.24) is 0 Å². The Labute approximate surface area is 55.5 Å². The molecule has 1 atom stereocenters. The zero-order valence-electron chi connectivity index (χ0n) is 5.72. The molecule has 0 spiro atoms. The smallest absolute Gasteiger partial charge is 0.147 e. The van der Waals surface area contributed by atoms with Crippen molar-refractivity contribution in [2.75, 3.05) is 13.4 Å². The van der Waals surface area contributed by atoms with Crippen molar-refractivity contribution in [3.8, 4) is 0 Å². The molecule has 0 bridgehead atoms. The average molecular weight is 128 g/mol. The monoisotopic (exact) mass is 128 g/mol. The summed E-state index contributed by atoms with van der Waals surface area (Å²) in [5.41, 5.74) is 1.10. The first-order valence-corrected chi connectivity index (χ1v) is 3.15. The highest BCUT2D eigenvalue weighted by atomic mass is 16.7. The largest absolute Gasteiger partial charge is 0.355 e. The summed E-state index contributed by atoms with van der Waals surface area (Å²) in [5, 5.41) is 0. The molecule has 1 heterocycles. The molecule has 1 rings (SSSR count). The molecule has 0 amide bonds. The van der Waals surface area contributed by atoms with Gasteiger partial charge in [-0.2, -0.15) is 0 Å². The Kier molecular flexibility index (Phi) is 2.25. The number of hydrogen-bond acceptors (Lipinski definition) is 2. The second-order valence-corrected chi connectivity index (χ2v) is 2.32. The Hall–Kier alpha value is -0.340. The molecule has 1 saturated heterocycles. The van der Waals surface area contributed by atoms with Gasteiger partial charge in [0.25, 0.3) is 0 Å². The molecule has 0 aromatic heterocycles. The van der Waals surface area contributed by atoms with Gasteiger partial charge < -0.3 is 9.47 Å². The zero-order valence-corrected chi connectivity index (χ0v) is 5.72. The van der Waals surface area contributed by atoms with Gasteiger partial charge in [-0.05, 0) is 6.92 Å². The van der Waals surface area contributed by atoms with Crippen molar-refractivity contribution in [3.05, 3.63) is 12.2 Å². The molecule has 0 aromatic rings. The van der Waals surface area contributed by atoms with Gasteiger partial charge in [0.05, 0.1) is 12.7 Å². The van der Waals surface area contributed by atoms with Crippen LogP contribution in [-0.4, -0.2) is 19.5 Å². The van der Waals surface area contributed by atoms with Crippen LogP contribution in [0.1, 0.15) is 13.3 Å². The fraction of sp³-hybridized carbons (Fsp3) is 0.714. The highest BCUT2D eigenvalue weighted by Gasteiger charge is 2.13. The topological polar surface area (TPSA) is 18.5 Å². The molecule has 9 heavy (non-hydrogen) atoms. The maximum Gasteiger partial charge on any atom is 0.147 e. The van der Waals surface area contributed by atoms with E-state index >= 15 is 0 Å². The van der Waals surface area contributed by atoms with Crippen LogP contribution in [0.3, 0.4) is 0 Å². The van der Waals surface area contributed by atoms with Gasteiger partial charge in [-0.3, -0.25) is 0 Å². The summed E-state index contributed by atoms with van der Waals surface area (Å²) in [7, 11) is 0. The lowest BCUT2D eigenvalue weighted by Gasteiger charge is -2.22. The molecule has 0 N–H and O–H groups in total. The molecular formula is C7H12O2. The number of hydrogen-bond donors (Lipinski definition) is 0. The van der Waals surface area contributed by atoms with Crippen molar-refractivity contribution < 1.29 is 9.47 Å². The Morgan fingerprint density at radius 2 is 2.44 bits per heavy atom. The van der Waals surface area contributed by atoms with E-state index in [1.54, 1.807) is 0 Å². The van der Waals surface area contributed by atoms with E-state index in [-0.39, 0.29) is 6.10 Å². The molecule has 0 aliphatic carbocycles. The molecule has 2 heteroatoms. The predicted molar refractivity (Wildman–Crippen MR) is 35.1 cm³/mol. The lowest BCUT2D eigenvalue weighted by atomic mass is 10.1. The van der Waals surface area contributed by atoms with Crippen LogP contribution in [-0.2, 0) is 9.47 Å². The molecule has 0 saturated carbocycles. The van der Waals surface area contributed by atoms with E-state index in [2.05, 4.69) is 6.58 Å². The summed E-state index contributed by atoms with van der Waals surface area (Å²) >= 11 is 0. The standard InChI is InChI=1S/C7H12O2/c1-6(2)7-3-4-8-5-9-7/h7H,1,3-5H2,2H3. The van der Waals surface area contributed by atoms with Gasteiger partial charge in [0.15, 0.2) is 0 Å². The van der Waals surface area contributed by atoms with E-state index in [1.807, 2.05) is 6.92 Å². The first kappa shape index (κ1) is 6.78. The van der Waals surface area contributed by atoms with Crippen LogP contribution in [0, 0.1) is 0 Å². The van der Waals surface area contributed by atoms with E-state index in [1.165, 1.54) is 0 Å². The molecule has 1 aliphatic rings. The minimum atomic E-state index is 0.235. The van der Waals surface area contributed by atoms with E-state index in [4.69, 9.17) is 9.47 Å².